The fourth-order valence-corrected chi connectivity index (χ4v) is 4.35. The van der Waals surface area contributed by atoms with Gasteiger partial charge in [-0.2, -0.15) is 0 Å². The van der Waals surface area contributed by atoms with Crippen molar-refractivity contribution in [1.82, 2.24) is 9.97 Å². The van der Waals surface area contributed by atoms with E-state index in [9.17, 15) is 8.42 Å². The Morgan fingerprint density at radius 2 is 1.76 bits per heavy atom. The summed E-state index contributed by atoms with van der Waals surface area (Å²) in [6, 6.07) is 4.67. The zero-order chi connectivity index (χ0) is 20.9. The van der Waals surface area contributed by atoms with Crippen molar-refractivity contribution in [3.63, 3.8) is 0 Å². The molecule has 8 nitrogen and oxygen atoms in total. The topological polar surface area (TPSA) is 93.7 Å². The zero-order valence-corrected chi connectivity index (χ0v) is 17.9. The fraction of sp³-hybridized carbons (Fsp3) is 0.500. The number of benzene rings is 1. The van der Waals surface area contributed by atoms with Gasteiger partial charge in [0.25, 0.3) is 10.0 Å². The number of ether oxygens (including phenoxy) is 2. The Morgan fingerprint density at radius 1 is 1.10 bits per heavy atom. The van der Waals surface area contributed by atoms with Crippen molar-refractivity contribution in [2.24, 2.45) is 5.92 Å². The largest absolute Gasteiger partial charge is 0.494 e. The summed E-state index contributed by atoms with van der Waals surface area (Å²) in [4.78, 5) is 10.8. The van der Waals surface area contributed by atoms with Gasteiger partial charge < -0.3 is 14.4 Å². The Balaban J connectivity index is 1.77. The van der Waals surface area contributed by atoms with Gasteiger partial charge in [0, 0.05) is 19.2 Å². The quantitative estimate of drug-likeness (QED) is 0.700. The van der Waals surface area contributed by atoms with Crippen LogP contribution in [-0.4, -0.2) is 44.7 Å². The van der Waals surface area contributed by atoms with Gasteiger partial charge in [0.2, 0.25) is 5.95 Å². The third-order valence-corrected chi connectivity index (χ3v) is 6.19. The van der Waals surface area contributed by atoms with Gasteiger partial charge in [0.05, 0.1) is 31.3 Å². The molecule has 0 radical (unpaired) electrons. The highest BCUT2D eigenvalue weighted by Gasteiger charge is 2.22. The van der Waals surface area contributed by atoms with E-state index in [2.05, 4.69) is 26.5 Å². The summed E-state index contributed by atoms with van der Waals surface area (Å²) in [5.74, 6) is 2.13. The maximum Gasteiger partial charge on any atom is 0.265 e. The van der Waals surface area contributed by atoms with Gasteiger partial charge in [-0.1, -0.05) is 6.92 Å². The fourth-order valence-electron chi connectivity index (χ4n) is 3.19. The molecular weight excluding hydrogens is 392 g/mol. The molecule has 0 unspecified atom stereocenters. The van der Waals surface area contributed by atoms with Crippen LogP contribution < -0.4 is 19.1 Å². The molecule has 0 amide bonds. The standard InChI is InChI=1S/C20H28N4O4S/c1-4-27-17-6-7-19(18(12-17)28-5-2)29(25,26)23-16-13-21-20(22-14-16)24-10-8-15(3)9-11-24/h6-7,12-15,23H,4-5,8-11H2,1-3H3. The average Bonchev–Trinajstić information content (AvgIpc) is 2.69. The molecular formula is C20H28N4O4S. The minimum Gasteiger partial charge on any atom is -0.494 e. The maximum atomic E-state index is 12.9. The van der Waals surface area contributed by atoms with Gasteiger partial charge in [-0.15, -0.1) is 0 Å². The van der Waals surface area contributed by atoms with Gasteiger partial charge in [-0.05, 0) is 44.7 Å². The number of anilines is 2. The number of aromatic nitrogens is 2. The summed E-state index contributed by atoms with van der Waals surface area (Å²) in [5.41, 5.74) is 0.301. The summed E-state index contributed by atoms with van der Waals surface area (Å²) in [5, 5.41) is 0. The molecule has 1 aliphatic heterocycles. The van der Waals surface area contributed by atoms with E-state index in [1.807, 2.05) is 6.92 Å². The lowest BCUT2D eigenvalue weighted by Gasteiger charge is -2.30. The van der Waals surface area contributed by atoms with Crippen LogP contribution in [-0.2, 0) is 10.0 Å². The Kier molecular flexibility index (Phi) is 6.79. The molecule has 3 rings (SSSR count). The molecule has 29 heavy (non-hydrogen) atoms. The Hall–Kier alpha value is -2.55. The number of hydrogen-bond donors (Lipinski definition) is 1. The second-order valence-electron chi connectivity index (χ2n) is 7.02. The predicted molar refractivity (Wildman–Crippen MR) is 112 cm³/mol. The maximum absolute atomic E-state index is 12.9. The lowest BCUT2D eigenvalue weighted by Crippen LogP contribution is -2.34. The molecule has 1 aromatic heterocycles. The van der Waals surface area contributed by atoms with Crippen molar-refractivity contribution in [3.8, 4) is 11.5 Å². The van der Waals surface area contributed by atoms with E-state index in [1.54, 1.807) is 19.1 Å². The van der Waals surface area contributed by atoms with Crippen LogP contribution in [0.5, 0.6) is 11.5 Å². The first kappa shape index (κ1) is 21.2. The highest BCUT2D eigenvalue weighted by atomic mass is 32.2. The highest BCUT2D eigenvalue weighted by Crippen LogP contribution is 2.30. The van der Waals surface area contributed by atoms with Crippen molar-refractivity contribution in [2.75, 3.05) is 35.9 Å². The second-order valence-corrected chi connectivity index (χ2v) is 8.67. The number of piperidine rings is 1. The van der Waals surface area contributed by atoms with E-state index >= 15 is 0 Å². The van der Waals surface area contributed by atoms with Crippen LogP contribution in [0.1, 0.15) is 33.6 Å². The molecule has 1 aliphatic rings. The molecule has 2 aromatic rings. The first-order valence-electron chi connectivity index (χ1n) is 9.92. The van der Waals surface area contributed by atoms with Gasteiger partial charge in [0.15, 0.2) is 0 Å². The SMILES string of the molecule is CCOc1ccc(S(=O)(=O)Nc2cnc(N3CCC(C)CC3)nc2)c(OCC)c1. The van der Waals surface area contributed by atoms with Crippen molar-refractivity contribution >= 4 is 21.7 Å². The molecule has 0 aliphatic carbocycles. The smallest absolute Gasteiger partial charge is 0.265 e. The highest BCUT2D eigenvalue weighted by molar-refractivity contribution is 7.92. The normalized spacial score (nSPS) is 15.2. The van der Waals surface area contributed by atoms with Crippen LogP contribution >= 0.6 is 0 Å². The van der Waals surface area contributed by atoms with Crippen molar-refractivity contribution < 1.29 is 17.9 Å². The molecule has 1 fully saturated rings. The van der Waals surface area contributed by atoms with Crippen LogP contribution in [0.25, 0.3) is 0 Å². The van der Waals surface area contributed by atoms with E-state index in [4.69, 9.17) is 9.47 Å². The number of nitrogens with zero attached hydrogens (tertiary/aromatic N) is 3. The summed E-state index contributed by atoms with van der Waals surface area (Å²) < 4.78 is 39.3. The molecule has 1 N–H and O–H groups in total. The first-order valence-corrected chi connectivity index (χ1v) is 11.4. The van der Waals surface area contributed by atoms with Crippen LogP contribution in [0.2, 0.25) is 0 Å². The van der Waals surface area contributed by atoms with Crippen LogP contribution in [0.15, 0.2) is 35.5 Å². The van der Waals surface area contributed by atoms with E-state index in [1.165, 1.54) is 18.5 Å². The molecule has 0 bridgehead atoms. The Morgan fingerprint density at radius 3 is 2.38 bits per heavy atom. The molecule has 0 spiro atoms. The van der Waals surface area contributed by atoms with Crippen molar-refractivity contribution in [1.29, 1.82) is 0 Å². The lowest BCUT2D eigenvalue weighted by atomic mass is 10.00. The molecule has 158 valence electrons. The number of nitrogens with one attached hydrogen (secondary N) is 1. The summed E-state index contributed by atoms with van der Waals surface area (Å²) >= 11 is 0. The number of rotatable bonds is 8. The Bertz CT molecular complexity index is 911. The molecule has 0 atom stereocenters. The third-order valence-electron chi connectivity index (χ3n) is 4.77. The first-order chi connectivity index (χ1) is 13.9. The molecule has 0 saturated carbocycles. The average molecular weight is 421 g/mol. The molecule has 2 heterocycles. The van der Waals surface area contributed by atoms with Gasteiger partial charge >= 0.3 is 0 Å². The van der Waals surface area contributed by atoms with E-state index in [0.29, 0.717) is 36.5 Å². The second kappa shape index (κ2) is 9.30. The number of hydrogen-bond acceptors (Lipinski definition) is 7. The predicted octanol–water partition coefficient (Wildman–Crippen LogP) is 3.31. The zero-order valence-electron chi connectivity index (χ0n) is 17.1. The summed E-state index contributed by atoms with van der Waals surface area (Å²) in [6.07, 6.45) is 5.20. The van der Waals surface area contributed by atoms with Crippen molar-refractivity contribution in [2.45, 2.75) is 38.5 Å². The summed E-state index contributed by atoms with van der Waals surface area (Å²) in [6.45, 7) is 8.55. The molecule has 1 saturated heterocycles. The van der Waals surface area contributed by atoms with Crippen LogP contribution in [0.3, 0.4) is 0 Å². The molecule has 9 heteroatoms. The monoisotopic (exact) mass is 420 g/mol. The minimum absolute atomic E-state index is 0.0388. The minimum atomic E-state index is -3.87. The van der Waals surface area contributed by atoms with Gasteiger partial charge in [-0.25, -0.2) is 18.4 Å². The van der Waals surface area contributed by atoms with Gasteiger partial charge in [0.1, 0.15) is 16.4 Å². The van der Waals surface area contributed by atoms with E-state index < -0.39 is 10.0 Å². The lowest BCUT2D eigenvalue weighted by molar-refractivity contribution is 0.317. The third kappa shape index (κ3) is 5.29. The van der Waals surface area contributed by atoms with Crippen LogP contribution in [0, 0.1) is 5.92 Å². The van der Waals surface area contributed by atoms with E-state index in [-0.39, 0.29) is 10.6 Å². The summed E-state index contributed by atoms with van der Waals surface area (Å²) in [7, 11) is -3.87. The van der Waals surface area contributed by atoms with Crippen molar-refractivity contribution in [3.05, 3.63) is 30.6 Å². The van der Waals surface area contributed by atoms with Crippen LogP contribution in [0.4, 0.5) is 11.6 Å². The van der Waals surface area contributed by atoms with Gasteiger partial charge in [-0.3, -0.25) is 4.72 Å². The number of sulfonamides is 1. The van der Waals surface area contributed by atoms with E-state index in [0.717, 1.165) is 25.9 Å². The molecule has 1 aromatic carbocycles. The Labute approximate surface area is 172 Å².